The molecule has 1 aromatic carbocycles. The molecule has 2 rings (SSSR count). The van der Waals surface area contributed by atoms with E-state index in [1.165, 1.54) is 0 Å². The lowest BCUT2D eigenvalue weighted by Crippen LogP contribution is -2.30. The lowest BCUT2D eigenvalue weighted by molar-refractivity contribution is -0.122. The zero-order valence-corrected chi connectivity index (χ0v) is 19.9. The van der Waals surface area contributed by atoms with Crippen LogP contribution >= 0.6 is 22.9 Å². The van der Waals surface area contributed by atoms with Gasteiger partial charge in [0, 0.05) is 5.02 Å². The van der Waals surface area contributed by atoms with Crippen LogP contribution in [-0.4, -0.2) is 36.7 Å². The van der Waals surface area contributed by atoms with Crippen molar-refractivity contribution in [3.63, 3.8) is 0 Å². The molecule has 1 aromatic heterocycles. The van der Waals surface area contributed by atoms with E-state index in [0.29, 0.717) is 16.3 Å². The number of rotatable bonds is 8. The molecule has 9 heteroatoms. The van der Waals surface area contributed by atoms with Gasteiger partial charge in [-0.3, -0.25) is 4.79 Å². The van der Waals surface area contributed by atoms with Crippen molar-refractivity contribution in [2.24, 2.45) is 0 Å². The highest BCUT2D eigenvalue weighted by Crippen LogP contribution is 2.35. The van der Waals surface area contributed by atoms with Crippen LogP contribution in [-0.2, 0) is 14.3 Å². The van der Waals surface area contributed by atoms with Gasteiger partial charge in [-0.05, 0) is 70.9 Å². The quantitative estimate of drug-likeness (QED) is 0.539. The number of nitrogens with one attached hydrogen (secondary N) is 1. The third-order valence-electron chi connectivity index (χ3n) is 4.20. The van der Waals surface area contributed by atoms with Crippen LogP contribution in [0.25, 0.3) is 0 Å². The molecule has 0 radical (unpaired) electrons. The van der Waals surface area contributed by atoms with E-state index in [9.17, 15) is 14.4 Å². The van der Waals surface area contributed by atoms with Crippen molar-refractivity contribution in [3.05, 3.63) is 44.8 Å². The summed E-state index contributed by atoms with van der Waals surface area (Å²) in [5, 5.41) is 3.46. The van der Waals surface area contributed by atoms with Gasteiger partial charge in [-0.25, -0.2) is 9.59 Å². The fourth-order valence-electron chi connectivity index (χ4n) is 2.72. The molecule has 0 saturated carbocycles. The number of esters is 2. The summed E-state index contributed by atoms with van der Waals surface area (Å²) in [6.07, 6.45) is -1.20. The SMILES string of the molecule is CCOC(=O)c1c(NC(=O)C(C)Oc2ccc(Cl)cc2C)sc(C(=O)OC(C)C)c1C. The summed E-state index contributed by atoms with van der Waals surface area (Å²) in [5.41, 5.74) is 1.31. The molecule has 168 valence electrons. The molecule has 7 nitrogen and oxygen atoms in total. The van der Waals surface area contributed by atoms with Crippen molar-refractivity contribution < 1.29 is 28.6 Å². The maximum atomic E-state index is 12.8. The van der Waals surface area contributed by atoms with E-state index in [0.717, 1.165) is 16.9 Å². The Labute approximate surface area is 190 Å². The van der Waals surface area contributed by atoms with E-state index in [-0.39, 0.29) is 28.2 Å². The number of halogens is 1. The first-order chi connectivity index (χ1) is 14.5. The standard InChI is InChI=1S/C22H26ClNO6S/c1-7-28-21(26)17-13(5)18(22(27)29-11(2)3)31-20(17)24-19(25)14(6)30-16-9-8-15(23)10-12(16)4/h8-11,14H,7H2,1-6H3,(H,24,25). The van der Waals surface area contributed by atoms with Crippen LogP contribution in [0, 0.1) is 13.8 Å². The van der Waals surface area contributed by atoms with E-state index in [4.69, 9.17) is 25.8 Å². The number of benzene rings is 1. The van der Waals surface area contributed by atoms with Crippen LogP contribution in [0.15, 0.2) is 18.2 Å². The molecule has 1 amide bonds. The van der Waals surface area contributed by atoms with Gasteiger partial charge in [0.1, 0.15) is 15.6 Å². The Hall–Kier alpha value is -2.58. The number of ether oxygens (including phenoxy) is 3. The number of aryl methyl sites for hydroxylation is 1. The normalized spacial score (nSPS) is 11.7. The largest absolute Gasteiger partial charge is 0.481 e. The molecule has 1 heterocycles. The average Bonchev–Trinajstić information content (AvgIpc) is 2.99. The first kappa shape index (κ1) is 24.7. The molecular formula is C22H26ClNO6S. The van der Waals surface area contributed by atoms with E-state index in [1.54, 1.807) is 52.8 Å². The van der Waals surface area contributed by atoms with E-state index in [1.807, 2.05) is 6.92 Å². The molecule has 0 fully saturated rings. The number of anilines is 1. The predicted octanol–water partition coefficient (Wildman–Crippen LogP) is 5.17. The molecule has 1 atom stereocenters. The minimum Gasteiger partial charge on any atom is -0.481 e. The van der Waals surface area contributed by atoms with Crippen LogP contribution in [0.1, 0.15) is 58.9 Å². The Balaban J connectivity index is 2.29. The van der Waals surface area contributed by atoms with Crippen molar-refractivity contribution in [3.8, 4) is 5.75 Å². The minimum absolute atomic E-state index is 0.130. The van der Waals surface area contributed by atoms with Crippen molar-refractivity contribution in [1.82, 2.24) is 0 Å². The molecule has 2 aromatic rings. The van der Waals surface area contributed by atoms with Crippen LogP contribution in [0.3, 0.4) is 0 Å². The van der Waals surface area contributed by atoms with E-state index in [2.05, 4.69) is 5.32 Å². The Bertz CT molecular complexity index is 985. The second-order valence-corrected chi connectivity index (χ2v) is 8.55. The molecule has 1 unspecified atom stereocenters. The summed E-state index contributed by atoms with van der Waals surface area (Å²) in [6, 6.07) is 5.08. The fourth-order valence-corrected chi connectivity index (χ4v) is 4.02. The van der Waals surface area contributed by atoms with Gasteiger partial charge in [0.2, 0.25) is 0 Å². The molecule has 0 aliphatic heterocycles. The Morgan fingerprint density at radius 1 is 1.13 bits per heavy atom. The zero-order valence-electron chi connectivity index (χ0n) is 18.3. The Morgan fingerprint density at radius 3 is 2.39 bits per heavy atom. The van der Waals surface area contributed by atoms with E-state index >= 15 is 0 Å². The van der Waals surface area contributed by atoms with E-state index < -0.39 is 23.9 Å². The Kier molecular flexibility index (Phi) is 8.47. The highest BCUT2D eigenvalue weighted by Gasteiger charge is 2.29. The number of hydrogen-bond donors (Lipinski definition) is 1. The van der Waals surface area contributed by atoms with Crippen LogP contribution in [0.2, 0.25) is 5.02 Å². The van der Waals surface area contributed by atoms with Gasteiger partial charge in [0.15, 0.2) is 6.10 Å². The highest BCUT2D eigenvalue weighted by atomic mass is 35.5. The van der Waals surface area contributed by atoms with Gasteiger partial charge >= 0.3 is 11.9 Å². The molecule has 0 aliphatic carbocycles. The van der Waals surface area contributed by atoms with Crippen molar-refractivity contribution in [2.75, 3.05) is 11.9 Å². The summed E-state index contributed by atoms with van der Waals surface area (Å²) in [6.45, 7) is 10.3. The second-order valence-electron chi connectivity index (χ2n) is 7.09. The van der Waals surface area contributed by atoms with Crippen LogP contribution in [0.4, 0.5) is 5.00 Å². The molecule has 0 bridgehead atoms. The second kappa shape index (κ2) is 10.6. The first-order valence-electron chi connectivity index (χ1n) is 9.80. The van der Waals surface area contributed by atoms with Gasteiger partial charge in [-0.1, -0.05) is 11.6 Å². The predicted molar refractivity (Wildman–Crippen MR) is 120 cm³/mol. The lowest BCUT2D eigenvalue weighted by Gasteiger charge is -2.16. The topological polar surface area (TPSA) is 90.9 Å². The first-order valence-corrected chi connectivity index (χ1v) is 11.0. The summed E-state index contributed by atoms with van der Waals surface area (Å²) >= 11 is 6.92. The summed E-state index contributed by atoms with van der Waals surface area (Å²) in [5.74, 6) is -1.16. The van der Waals surface area contributed by atoms with Gasteiger partial charge in [0.05, 0.1) is 18.3 Å². The number of carbonyl (C=O) groups is 3. The molecular weight excluding hydrogens is 442 g/mol. The molecule has 0 spiro atoms. The van der Waals surface area contributed by atoms with Gasteiger partial charge in [0.25, 0.3) is 5.91 Å². The third-order valence-corrected chi connectivity index (χ3v) is 5.62. The minimum atomic E-state index is -0.872. The highest BCUT2D eigenvalue weighted by molar-refractivity contribution is 7.18. The summed E-state index contributed by atoms with van der Waals surface area (Å²) in [7, 11) is 0. The van der Waals surface area contributed by atoms with Crippen molar-refractivity contribution in [1.29, 1.82) is 0 Å². The molecule has 0 aliphatic rings. The van der Waals surface area contributed by atoms with Gasteiger partial charge < -0.3 is 19.5 Å². The molecule has 0 saturated heterocycles. The number of amides is 1. The fraction of sp³-hybridized carbons (Fsp3) is 0.409. The lowest BCUT2D eigenvalue weighted by atomic mass is 10.1. The number of carbonyl (C=O) groups excluding carboxylic acids is 3. The average molecular weight is 468 g/mol. The maximum Gasteiger partial charge on any atom is 0.348 e. The molecule has 1 N–H and O–H groups in total. The van der Waals surface area contributed by atoms with Gasteiger partial charge in [-0.2, -0.15) is 0 Å². The Morgan fingerprint density at radius 2 is 1.81 bits per heavy atom. The number of hydrogen-bond acceptors (Lipinski definition) is 7. The molecule has 31 heavy (non-hydrogen) atoms. The van der Waals surface area contributed by atoms with Crippen molar-refractivity contribution in [2.45, 2.75) is 53.8 Å². The smallest absolute Gasteiger partial charge is 0.348 e. The zero-order chi connectivity index (χ0) is 23.3. The number of thiophene rings is 1. The van der Waals surface area contributed by atoms with Crippen LogP contribution < -0.4 is 10.1 Å². The summed E-state index contributed by atoms with van der Waals surface area (Å²) in [4.78, 5) is 37.9. The monoisotopic (exact) mass is 467 g/mol. The third kappa shape index (κ3) is 6.21. The maximum absolute atomic E-state index is 12.8. The van der Waals surface area contributed by atoms with Gasteiger partial charge in [-0.15, -0.1) is 11.3 Å². The van der Waals surface area contributed by atoms with Crippen molar-refractivity contribution >= 4 is 45.8 Å². The summed E-state index contributed by atoms with van der Waals surface area (Å²) < 4.78 is 16.1. The van der Waals surface area contributed by atoms with Crippen LogP contribution in [0.5, 0.6) is 5.75 Å².